The van der Waals surface area contributed by atoms with E-state index in [2.05, 4.69) is 24.1 Å². The first kappa shape index (κ1) is 29.3. The molecule has 1 aliphatic heterocycles. The van der Waals surface area contributed by atoms with Crippen molar-refractivity contribution in [1.29, 1.82) is 0 Å². The normalized spacial score (nSPS) is 14.3. The molecule has 0 radical (unpaired) electrons. The number of benzene rings is 2. The summed E-state index contributed by atoms with van der Waals surface area (Å²) >= 11 is 6.64. The lowest BCUT2D eigenvalue weighted by Crippen LogP contribution is -2.29. The Balaban J connectivity index is 1.43. The van der Waals surface area contributed by atoms with Gasteiger partial charge >= 0.3 is 5.97 Å². The molecule has 1 fully saturated rings. The summed E-state index contributed by atoms with van der Waals surface area (Å²) in [6.45, 7) is 7.33. The maximum atomic E-state index is 12.8. The van der Waals surface area contributed by atoms with Gasteiger partial charge in [-0.2, -0.15) is 0 Å². The quantitative estimate of drug-likeness (QED) is 0.214. The molecule has 2 aromatic rings. The van der Waals surface area contributed by atoms with Gasteiger partial charge in [0.15, 0.2) is 0 Å². The highest BCUT2D eigenvalue weighted by molar-refractivity contribution is 8.26. The number of methoxy groups -OCH3 is 1. The Kier molecular flexibility index (Phi) is 11.3. The molecule has 0 aromatic heterocycles. The Morgan fingerprint density at radius 3 is 2.39 bits per heavy atom. The van der Waals surface area contributed by atoms with Crippen LogP contribution >= 0.6 is 24.0 Å². The van der Waals surface area contributed by atoms with Crippen molar-refractivity contribution >= 4 is 57.8 Å². The number of likely N-dealkylation sites (N-methyl/N-ethyl adjacent to an activating group) is 1. The molecular weight excluding hydrogens is 522 g/mol. The molecule has 1 saturated heterocycles. The molecule has 0 atom stereocenters. The first-order chi connectivity index (χ1) is 18.3. The van der Waals surface area contributed by atoms with Crippen molar-refractivity contribution in [1.82, 2.24) is 9.80 Å². The van der Waals surface area contributed by atoms with E-state index in [-0.39, 0.29) is 24.2 Å². The molecule has 0 unspecified atom stereocenters. The molecule has 1 heterocycles. The van der Waals surface area contributed by atoms with E-state index in [9.17, 15) is 14.4 Å². The number of amides is 2. The minimum atomic E-state index is -0.389. The predicted octanol–water partition coefficient (Wildman–Crippen LogP) is 4.81. The summed E-state index contributed by atoms with van der Waals surface area (Å²) in [6.07, 6.45) is 2.49. The van der Waals surface area contributed by atoms with Gasteiger partial charge in [-0.3, -0.25) is 14.5 Å². The zero-order valence-electron chi connectivity index (χ0n) is 21.9. The molecule has 1 aliphatic rings. The third-order valence-corrected chi connectivity index (χ3v) is 7.39. The minimum Gasteiger partial charge on any atom is -0.497 e. The van der Waals surface area contributed by atoms with Crippen LogP contribution in [0.2, 0.25) is 0 Å². The van der Waals surface area contributed by atoms with E-state index in [4.69, 9.17) is 21.7 Å². The highest BCUT2D eigenvalue weighted by Crippen LogP contribution is 2.33. The highest BCUT2D eigenvalue weighted by atomic mass is 32.2. The van der Waals surface area contributed by atoms with Crippen LogP contribution in [0.25, 0.3) is 6.08 Å². The molecule has 1 N–H and O–H groups in total. The zero-order chi connectivity index (χ0) is 27.5. The van der Waals surface area contributed by atoms with Gasteiger partial charge in [0.2, 0.25) is 5.91 Å². The van der Waals surface area contributed by atoms with Crippen LogP contribution in [0.3, 0.4) is 0 Å². The summed E-state index contributed by atoms with van der Waals surface area (Å²) in [5.41, 5.74) is 1.90. The fourth-order valence-electron chi connectivity index (χ4n) is 3.75. The van der Waals surface area contributed by atoms with Crippen LogP contribution in [0, 0.1) is 0 Å². The smallest absolute Gasteiger partial charge is 0.338 e. The topological polar surface area (TPSA) is 88.2 Å². The molecule has 0 saturated carbocycles. The summed E-state index contributed by atoms with van der Waals surface area (Å²) in [6, 6.07) is 14.0. The lowest BCUT2D eigenvalue weighted by Gasteiger charge is -2.17. The first-order valence-electron chi connectivity index (χ1n) is 12.5. The molecule has 0 aliphatic carbocycles. The van der Waals surface area contributed by atoms with Gasteiger partial charge in [-0.05, 0) is 67.5 Å². The maximum absolute atomic E-state index is 12.8. The Bertz CT molecular complexity index is 1160. The Hall–Kier alpha value is -3.21. The highest BCUT2D eigenvalue weighted by Gasteiger charge is 2.31. The number of nitrogens with one attached hydrogen (secondary N) is 1. The molecule has 38 heavy (non-hydrogen) atoms. The minimum absolute atomic E-state index is 0.157. The molecule has 3 rings (SSSR count). The van der Waals surface area contributed by atoms with Crippen LogP contribution in [0.5, 0.6) is 5.75 Å². The van der Waals surface area contributed by atoms with Crippen molar-refractivity contribution in [2.45, 2.75) is 26.7 Å². The molecule has 2 aromatic carbocycles. The molecule has 8 nitrogen and oxygen atoms in total. The van der Waals surface area contributed by atoms with Gasteiger partial charge in [-0.25, -0.2) is 4.79 Å². The van der Waals surface area contributed by atoms with E-state index in [0.717, 1.165) is 24.4 Å². The van der Waals surface area contributed by atoms with Crippen LogP contribution in [-0.4, -0.2) is 71.8 Å². The van der Waals surface area contributed by atoms with Crippen molar-refractivity contribution in [3.05, 3.63) is 64.6 Å². The van der Waals surface area contributed by atoms with Crippen molar-refractivity contribution in [2.75, 3.05) is 45.2 Å². The van der Waals surface area contributed by atoms with Crippen LogP contribution in [-0.2, 0) is 14.3 Å². The number of carbonyl (C=O) groups excluding carboxylic acids is 3. The summed E-state index contributed by atoms with van der Waals surface area (Å²) < 4.78 is 11.0. The van der Waals surface area contributed by atoms with E-state index < -0.39 is 0 Å². The van der Waals surface area contributed by atoms with Crippen LogP contribution < -0.4 is 10.1 Å². The van der Waals surface area contributed by atoms with E-state index in [1.165, 1.54) is 16.7 Å². The van der Waals surface area contributed by atoms with E-state index >= 15 is 0 Å². The van der Waals surface area contributed by atoms with Crippen LogP contribution in [0.15, 0.2) is 53.4 Å². The van der Waals surface area contributed by atoms with E-state index in [1.54, 1.807) is 37.5 Å². The number of hydrogen-bond acceptors (Lipinski definition) is 8. The third-order valence-electron chi connectivity index (χ3n) is 6.01. The maximum Gasteiger partial charge on any atom is 0.338 e. The summed E-state index contributed by atoms with van der Waals surface area (Å²) in [4.78, 5) is 41.7. The fourth-order valence-corrected chi connectivity index (χ4v) is 5.05. The summed E-state index contributed by atoms with van der Waals surface area (Å²) in [5.74, 6) is 0.0157. The van der Waals surface area contributed by atoms with Gasteiger partial charge in [0, 0.05) is 25.2 Å². The summed E-state index contributed by atoms with van der Waals surface area (Å²) in [7, 11) is 1.60. The van der Waals surface area contributed by atoms with Crippen LogP contribution in [0.4, 0.5) is 5.69 Å². The molecule has 10 heteroatoms. The Morgan fingerprint density at radius 1 is 1.08 bits per heavy atom. The van der Waals surface area contributed by atoms with Gasteiger partial charge in [-0.1, -0.05) is 50.0 Å². The number of hydrogen-bond donors (Lipinski definition) is 1. The molecule has 0 bridgehead atoms. The molecular formula is C28H33N3O5S2. The molecule has 0 spiro atoms. The Morgan fingerprint density at radius 2 is 1.76 bits per heavy atom. The second-order valence-corrected chi connectivity index (χ2v) is 10.2. The van der Waals surface area contributed by atoms with Crippen molar-refractivity contribution in [2.24, 2.45) is 0 Å². The van der Waals surface area contributed by atoms with Crippen molar-refractivity contribution in [3.8, 4) is 5.75 Å². The van der Waals surface area contributed by atoms with Gasteiger partial charge in [0.1, 0.15) is 16.7 Å². The number of carbonyl (C=O) groups is 3. The average Bonchev–Trinajstić information content (AvgIpc) is 3.19. The average molecular weight is 556 g/mol. The lowest BCUT2D eigenvalue weighted by molar-refractivity contribution is -0.122. The monoisotopic (exact) mass is 555 g/mol. The standard InChI is InChI=1S/C28H33N3O5S2/c1-4-30(5-2)17-18-36-27(34)21-10-12-22(13-11-21)29-25(32)7-6-16-31-26(33)24(38-28(31)37)19-20-8-14-23(35-3)15-9-20/h8-15,19H,4-7,16-18H2,1-3H3,(H,29,32)/b24-19+. The number of rotatable bonds is 13. The largest absolute Gasteiger partial charge is 0.497 e. The molecule has 202 valence electrons. The van der Waals surface area contributed by atoms with E-state index in [0.29, 0.717) is 46.6 Å². The number of nitrogens with zero attached hydrogens (tertiary/aromatic N) is 2. The fraction of sp³-hybridized carbons (Fsp3) is 0.357. The summed E-state index contributed by atoms with van der Waals surface area (Å²) in [5, 5.41) is 2.82. The SMILES string of the molecule is CCN(CC)CCOC(=O)c1ccc(NC(=O)CCCN2C(=O)/C(=C\c3ccc(OC)cc3)SC2=S)cc1. The first-order valence-corrected chi connectivity index (χ1v) is 13.8. The van der Waals surface area contributed by atoms with Crippen molar-refractivity contribution in [3.63, 3.8) is 0 Å². The second-order valence-electron chi connectivity index (χ2n) is 8.50. The van der Waals surface area contributed by atoms with Gasteiger partial charge in [-0.15, -0.1) is 0 Å². The number of anilines is 1. The number of ether oxygens (including phenoxy) is 2. The lowest BCUT2D eigenvalue weighted by atomic mass is 10.2. The van der Waals surface area contributed by atoms with E-state index in [1.807, 2.05) is 24.3 Å². The van der Waals surface area contributed by atoms with Gasteiger partial charge in [0.05, 0.1) is 17.6 Å². The molecule has 2 amide bonds. The van der Waals surface area contributed by atoms with Crippen molar-refractivity contribution < 1.29 is 23.9 Å². The number of thioether (sulfide) groups is 1. The van der Waals surface area contributed by atoms with Gasteiger partial charge in [0.25, 0.3) is 5.91 Å². The van der Waals surface area contributed by atoms with Gasteiger partial charge < -0.3 is 19.7 Å². The Labute approximate surface area is 233 Å². The van der Waals surface area contributed by atoms with Crippen LogP contribution in [0.1, 0.15) is 42.6 Å². The second kappa shape index (κ2) is 14.7. The third kappa shape index (κ3) is 8.41. The predicted molar refractivity (Wildman–Crippen MR) is 155 cm³/mol. The zero-order valence-corrected chi connectivity index (χ0v) is 23.5. The number of thiocarbonyl (C=S) groups is 1. The number of esters is 1.